The number of nitrogens with two attached hydrogens (primary N) is 1. The molecule has 3 rings (SSSR count). The number of carbonyl (C=O) groups is 1. The molecule has 0 aliphatic carbocycles. The second-order valence-electron chi connectivity index (χ2n) is 6.47. The van der Waals surface area contributed by atoms with Crippen molar-refractivity contribution in [1.29, 1.82) is 0 Å². The van der Waals surface area contributed by atoms with Gasteiger partial charge in [-0.3, -0.25) is 4.79 Å². The number of rotatable bonds is 5. The summed E-state index contributed by atoms with van der Waals surface area (Å²) in [6.07, 6.45) is 1.45. The molecule has 2 unspecified atom stereocenters. The molecule has 0 aliphatic rings. The van der Waals surface area contributed by atoms with Gasteiger partial charge in [0.05, 0.1) is 5.92 Å². The fourth-order valence-electron chi connectivity index (χ4n) is 3.57. The standard InChI is InChI=1S/C20H15F5N2O/c1-20(10-6-3-2-4-7-10,12(19(26)28)11-8-5-9-27-11)13-14(21)16(23)18(25)17(24)15(13)22/h2-9,12,27H,1H3,(H2,26,28). The molecule has 0 aliphatic heterocycles. The third-order valence-corrected chi connectivity index (χ3v) is 4.90. The minimum absolute atomic E-state index is 0.150. The van der Waals surface area contributed by atoms with Gasteiger partial charge in [0.1, 0.15) is 0 Å². The number of hydrogen-bond acceptors (Lipinski definition) is 1. The second-order valence-corrected chi connectivity index (χ2v) is 6.47. The van der Waals surface area contributed by atoms with Crippen molar-refractivity contribution in [1.82, 2.24) is 4.98 Å². The Morgan fingerprint density at radius 1 is 0.893 bits per heavy atom. The Hall–Kier alpha value is -3.16. The van der Waals surface area contributed by atoms with E-state index in [9.17, 15) is 26.7 Å². The summed E-state index contributed by atoms with van der Waals surface area (Å²) in [5, 5.41) is 0. The van der Waals surface area contributed by atoms with E-state index >= 15 is 0 Å². The summed E-state index contributed by atoms with van der Waals surface area (Å²) in [6.45, 7) is 1.22. The third kappa shape index (κ3) is 2.85. The fraction of sp³-hybridized carbons (Fsp3) is 0.150. The van der Waals surface area contributed by atoms with Crippen molar-refractivity contribution in [3.63, 3.8) is 0 Å². The molecule has 1 aromatic heterocycles. The van der Waals surface area contributed by atoms with Crippen LogP contribution >= 0.6 is 0 Å². The Balaban J connectivity index is 2.45. The van der Waals surface area contributed by atoms with Crippen LogP contribution in [0.2, 0.25) is 0 Å². The zero-order valence-electron chi connectivity index (χ0n) is 14.6. The number of benzene rings is 2. The normalized spacial score (nSPS) is 14.5. The average molecular weight is 394 g/mol. The highest BCUT2D eigenvalue weighted by atomic mass is 19.2. The summed E-state index contributed by atoms with van der Waals surface area (Å²) >= 11 is 0. The second kappa shape index (κ2) is 7.10. The van der Waals surface area contributed by atoms with Crippen LogP contribution in [0.4, 0.5) is 22.0 Å². The van der Waals surface area contributed by atoms with Crippen molar-refractivity contribution < 1.29 is 26.7 Å². The van der Waals surface area contributed by atoms with E-state index in [2.05, 4.69) is 4.98 Å². The summed E-state index contributed by atoms with van der Waals surface area (Å²) in [5.41, 5.74) is 2.72. The molecule has 3 N–H and O–H groups in total. The summed E-state index contributed by atoms with van der Waals surface area (Å²) in [4.78, 5) is 15.1. The van der Waals surface area contributed by atoms with E-state index in [0.29, 0.717) is 0 Å². The van der Waals surface area contributed by atoms with E-state index in [0.717, 1.165) is 0 Å². The predicted molar refractivity (Wildman–Crippen MR) is 91.9 cm³/mol. The van der Waals surface area contributed by atoms with Crippen LogP contribution in [-0.2, 0) is 10.2 Å². The van der Waals surface area contributed by atoms with E-state index in [1.165, 1.54) is 49.5 Å². The van der Waals surface area contributed by atoms with Crippen molar-refractivity contribution in [3.8, 4) is 0 Å². The van der Waals surface area contributed by atoms with E-state index in [1.807, 2.05) is 0 Å². The molecule has 0 radical (unpaired) electrons. The van der Waals surface area contributed by atoms with Crippen LogP contribution in [0.15, 0.2) is 48.7 Å². The number of aromatic nitrogens is 1. The van der Waals surface area contributed by atoms with Gasteiger partial charge in [-0.1, -0.05) is 37.3 Å². The minimum Gasteiger partial charge on any atom is -0.369 e. The highest BCUT2D eigenvalue weighted by Gasteiger charge is 2.48. The molecule has 2 aromatic carbocycles. The molecular formula is C20H15F5N2O. The van der Waals surface area contributed by atoms with Gasteiger partial charge in [0.2, 0.25) is 11.7 Å². The van der Waals surface area contributed by atoms with Crippen LogP contribution < -0.4 is 5.73 Å². The lowest BCUT2D eigenvalue weighted by molar-refractivity contribution is -0.120. The van der Waals surface area contributed by atoms with E-state index in [1.54, 1.807) is 6.07 Å². The largest absolute Gasteiger partial charge is 0.369 e. The van der Waals surface area contributed by atoms with Gasteiger partial charge >= 0.3 is 0 Å². The Kier molecular flexibility index (Phi) is 4.97. The zero-order valence-corrected chi connectivity index (χ0v) is 14.6. The number of primary amides is 1. The highest BCUT2D eigenvalue weighted by molar-refractivity contribution is 5.84. The first kappa shape index (κ1) is 19.6. The average Bonchev–Trinajstić information content (AvgIpc) is 3.19. The van der Waals surface area contributed by atoms with Crippen molar-refractivity contribution in [2.75, 3.05) is 0 Å². The van der Waals surface area contributed by atoms with Crippen LogP contribution in [0.3, 0.4) is 0 Å². The first-order valence-corrected chi connectivity index (χ1v) is 8.21. The van der Waals surface area contributed by atoms with Crippen LogP contribution in [0.25, 0.3) is 0 Å². The molecular weight excluding hydrogens is 379 g/mol. The molecule has 2 atom stereocenters. The first-order chi connectivity index (χ1) is 13.2. The monoisotopic (exact) mass is 394 g/mol. The number of carbonyl (C=O) groups excluding carboxylic acids is 1. The quantitative estimate of drug-likeness (QED) is 0.379. The number of amides is 1. The van der Waals surface area contributed by atoms with Gasteiger partial charge < -0.3 is 10.7 Å². The summed E-state index contributed by atoms with van der Waals surface area (Å²) in [7, 11) is 0. The zero-order chi connectivity index (χ0) is 20.6. The number of halogens is 5. The van der Waals surface area contributed by atoms with Crippen molar-refractivity contribution >= 4 is 5.91 Å². The number of H-pyrrole nitrogens is 1. The molecule has 3 aromatic rings. The maximum Gasteiger partial charge on any atom is 0.227 e. The molecule has 146 valence electrons. The molecule has 8 heteroatoms. The van der Waals surface area contributed by atoms with Crippen LogP contribution in [-0.4, -0.2) is 10.9 Å². The first-order valence-electron chi connectivity index (χ1n) is 8.21. The lowest BCUT2D eigenvalue weighted by Crippen LogP contribution is -2.42. The van der Waals surface area contributed by atoms with Crippen LogP contribution in [0, 0.1) is 29.1 Å². The predicted octanol–water partition coefficient (Wildman–Crippen LogP) is 4.29. The van der Waals surface area contributed by atoms with Gasteiger partial charge in [-0.2, -0.15) is 0 Å². The van der Waals surface area contributed by atoms with E-state index in [4.69, 9.17) is 5.73 Å². The lowest BCUT2D eigenvalue weighted by atomic mass is 9.65. The van der Waals surface area contributed by atoms with Crippen LogP contribution in [0.5, 0.6) is 0 Å². The SMILES string of the molecule is CC(c1ccccc1)(c1c(F)c(F)c(F)c(F)c1F)C(C(N)=O)c1ccc[nH]1. The molecule has 0 saturated heterocycles. The molecule has 0 saturated carbocycles. The Morgan fingerprint density at radius 2 is 1.43 bits per heavy atom. The van der Waals surface area contributed by atoms with Gasteiger partial charge in [-0.25, -0.2) is 22.0 Å². The Bertz CT molecular complexity index is 992. The van der Waals surface area contributed by atoms with Gasteiger partial charge in [-0.05, 0) is 17.7 Å². The number of nitrogens with one attached hydrogen (secondary N) is 1. The van der Waals surface area contributed by atoms with E-state index < -0.39 is 51.9 Å². The molecule has 28 heavy (non-hydrogen) atoms. The minimum atomic E-state index is -2.27. The van der Waals surface area contributed by atoms with Gasteiger partial charge in [0.15, 0.2) is 23.3 Å². The molecule has 1 amide bonds. The maximum atomic E-state index is 14.8. The molecule has 0 bridgehead atoms. The molecule has 3 nitrogen and oxygen atoms in total. The maximum absolute atomic E-state index is 14.8. The van der Waals surface area contributed by atoms with Crippen LogP contribution in [0.1, 0.15) is 29.7 Å². The lowest BCUT2D eigenvalue weighted by Gasteiger charge is -2.37. The topological polar surface area (TPSA) is 58.9 Å². The molecule has 0 fully saturated rings. The third-order valence-electron chi connectivity index (χ3n) is 4.90. The molecule has 0 spiro atoms. The Labute approximate surface area is 157 Å². The van der Waals surface area contributed by atoms with Crippen molar-refractivity contribution in [2.45, 2.75) is 18.3 Å². The van der Waals surface area contributed by atoms with Gasteiger partial charge in [0.25, 0.3) is 0 Å². The summed E-state index contributed by atoms with van der Waals surface area (Å²) in [5.74, 6) is -12.9. The number of hydrogen-bond donors (Lipinski definition) is 2. The summed E-state index contributed by atoms with van der Waals surface area (Å²) in [6, 6.07) is 10.5. The van der Waals surface area contributed by atoms with E-state index in [-0.39, 0.29) is 11.3 Å². The van der Waals surface area contributed by atoms with Gasteiger partial charge in [-0.15, -0.1) is 0 Å². The Morgan fingerprint density at radius 3 is 1.89 bits per heavy atom. The smallest absolute Gasteiger partial charge is 0.227 e. The van der Waals surface area contributed by atoms with Crippen molar-refractivity contribution in [2.24, 2.45) is 5.73 Å². The summed E-state index contributed by atoms with van der Waals surface area (Å²) < 4.78 is 71.1. The van der Waals surface area contributed by atoms with Gasteiger partial charge in [0, 0.05) is 22.9 Å². The fourth-order valence-corrected chi connectivity index (χ4v) is 3.57. The van der Waals surface area contributed by atoms with Crippen molar-refractivity contribution in [3.05, 3.63) is 94.6 Å². The molecule has 1 heterocycles. The highest BCUT2D eigenvalue weighted by Crippen LogP contribution is 2.47. The number of aromatic amines is 1.